The molecule has 0 unspecified atom stereocenters. The van der Waals surface area contributed by atoms with Gasteiger partial charge >= 0.3 is 0 Å². The summed E-state index contributed by atoms with van der Waals surface area (Å²) in [7, 11) is 0. The predicted octanol–water partition coefficient (Wildman–Crippen LogP) is 2.29. The van der Waals surface area contributed by atoms with Crippen molar-refractivity contribution in [2.24, 2.45) is 39.4 Å². The zero-order chi connectivity index (χ0) is 26.9. The number of fused-ring (bicyclic) bond motifs is 4. The van der Waals surface area contributed by atoms with E-state index >= 15 is 0 Å². The lowest BCUT2D eigenvalue weighted by Gasteiger charge is -2.70. The summed E-state index contributed by atoms with van der Waals surface area (Å²) < 4.78 is 0. The molecule has 0 radical (unpaired) electrons. The van der Waals surface area contributed by atoms with E-state index in [4.69, 9.17) is 0 Å². The van der Waals surface area contributed by atoms with Gasteiger partial charge in [-0.1, -0.05) is 45.4 Å². The number of Topliss-reactive ketones (excluding diaryl/α,β-unsaturated/α-hetero) is 2. The van der Waals surface area contributed by atoms with Gasteiger partial charge in [0.1, 0.15) is 17.5 Å². The van der Waals surface area contributed by atoms with E-state index in [1.165, 1.54) is 26.0 Å². The number of carbonyl (C=O) groups excluding carboxylic acids is 3. The van der Waals surface area contributed by atoms with E-state index in [1.807, 2.05) is 20.8 Å². The Morgan fingerprint density at radius 3 is 2.39 bits per heavy atom. The summed E-state index contributed by atoms with van der Waals surface area (Å²) in [5.74, 6) is -2.02. The van der Waals surface area contributed by atoms with Gasteiger partial charge in [-0.05, 0) is 61.9 Å². The number of hydrogen-bond acceptors (Lipinski definition) is 7. The van der Waals surface area contributed by atoms with Crippen molar-refractivity contribution in [2.45, 2.75) is 97.1 Å². The Morgan fingerprint density at radius 1 is 1.14 bits per heavy atom. The van der Waals surface area contributed by atoms with Crippen LogP contribution in [0.25, 0.3) is 0 Å². The second kappa shape index (κ2) is 7.25. The minimum Gasteiger partial charge on any atom is -0.393 e. The standard InChI is InChI=1S/C29H40O7/c1-24(2,35)10-9-20(32)29(36)14-28-13-21(33)27(6)16-11-17(30)23(34)25(3,4)15(16)7-8-19(27)26(28,5)12-18(31)22(28)29/h7,9-10,16,18-19,22-23,31,34-36H,8,11-14H2,1-6H3/b10-9+/t16-,18-,19+,22+,23-,26+,27+,28+,29+/m1/s1. The molecule has 5 aliphatic carbocycles. The zero-order valence-electron chi connectivity index (χ0n) is 22.2. The minimum atomic E-state index is -1.78. The van der Waals surface area contributed by atoms with Crippen molar-refractivity contribution in [1.29, 1.82) is 0 Å². The Kier molecular flexibility index (Phi) is 5.23. The van der Waals surface area contributed by atoms with Crippen molar-refractivity contribution in [1.82, 2.24) is 0 Å². The maximum atomic E-state index is 14.1. The molecule has 36 heavy (non-hydrogen) atoms. The van der Waals surface area contributed by atoms with Crippen LogP contribution in [0.5, 0.6) is 0 Å². The fraction of sp³-hybridized carbons (Fsp3) is 0.759. The van der Waals surface area contributed by atoms with Gasteiger partial charge in [-0.3, -0.25) is 14.4 Å². The van der Waals surface area contributed by atoms with Crippen LogP contribution in [0.4, 0.5) is 0 Å². The number of carbonyl (C=O) groups is 3. The van der Waals surface area contributed by atoms with Crippen molar-refractivity contribution >= 4 is 17.3 Å². The normalized spacial score (nSPS) is 49.5. The van der Waals surface area contributed by atoms with Crippen LogP contribution in [0.15, 0.2) is 23.8 Å². The van der Waals surface area contributed by atoms with Crippen molar-refractivity contribution in [3.63, 3.8) is 0 Å². The molecule has 0 aromatic rings. The first-order valence-electron chi connectivity index (χ1n) is 13.2. The van der Waals surface area contributed by atoms with Gasteiger partial charge in [-0.2, -0.15) is 0 Å². The van der Waals surface area contributed by atoms with Crippen LogP contribution in [0.1, 0.15) is 73.6 Å². The smallest absolute Gasteiger partial charge is 0.187 e. The summed E-state index contributed by atoms with van der Waals surface area (Å²) in [5.41, 5.74) is -4.84. The highest BCUT2D eigenvalue weighted by Crippen LogP contribution is 2.80. The first-order valence-corrected chi connectivity index (χ1v) is 13.2. The molecule has 0 aliphatic heterocycles. The van der Waals surface area contributed by atoms with E-state index in [0.29, 0.717) is 12.8 Å². The van der Waals surface area contributed by atoms with Crippen molar-refractivity contribution < 1.29 is 34.8 Å². The number of allylic oxidation sites excluding steroid dienone is 1. The first-order chi connectivity index (χ1) is 16.4. The third-order valence-electron chi connectivity index (χ3n) is 11.3. The highest BCUT2D eigenvalue weighted by molar-refractivity contribution is 5.99. The molecule has 0 aromatic heterocycles. The van der Waals surface area contributed by atoms with E-state index in [0.717, 1.165) is 5.57 Å². The van der Waals surface area contributed by atoms with Crippen LogP contribution >= 0.6 is 0 Å². The molecular weight excluding hydrogens is 460 g/mol. The molecular formula is C29H40O7. The van der Waals surface area contributed by atoms with Crippen LogP contribution in [0.2, 0.25) is 0 Å². The fourth-order valence-corrected chi connectivity index (χ4v) is 9.45. The molecule has 0 heterocycles. The molecule has 0 amide bonds. The van der Waals surface area contributed by atoms with E-state index in [9.17, 15) is 34.8 Å². The largest absolute Gasteiger partial charge is 0.393 e. The molecule has 9 atom stereocenters. The topological polar surface area (TPSA) is 132 Å². The molecule has 5 aliphatic rings. The Labute approximate surface area is 212 Å². The average Bonchev–Trinajstić information content (AvgIpc) is 2.92. The van der Waals surface area contributed by atoms with E-state index in [1.54, 1.807) is 0 Å². The van der Waals surface area contributed by atoms with Gasteiger partial charge < -0.3 is 20.4 Å². The monoisotopic (exact) mass is 500 g/mol. The molecule has 4 saturated carbocycles. The molecule has 7 heteroatoms. The number of hydrogen-bond donors (Lipinski definition) is 4. The summed E-state index contributed by atoms with van der Waals surface area (Å²) in [4.78, 5) is 40.1. The van der Waals surface area contributed by atoms with E-state index in [2.05, 4.69) is 13.0 Å². The molecule has 198 valence electrons. The van der Waals surface area contributed by atoms with Gasteiger partial charge in [-0.15, -0.1) is 0 Å². The van der Waals surface area contributed by atoms with Gasteiger partial charge in [0.15, 0.2) is 11.6 Å². The number of aliphatic hydroxyl groups excluding tert-OH is 2. The number of ketones is 3. The summed E-state index contributed by atoms with van der Waals surface area (Å²) in [5, 5.41) is 43.4. The SMILES string of the molecule is CC(C)(O)/C=C/C(=O)[C@@]1(O)C[C@]23CC(=O)[C@@]4(C)[C@@H]5CC(=O)[C@@H](O)C(C)(C)C5=CC[C@H]4[C@]2(C)C[C@@H](O)[C@@H]31. The lowest BCUT2D eigenvalue weighted by atomic mass is 9.33. The molecule has 4 fully saturated rings. The van der Waals surface area contributed by atoms with Crippen molar-refractivity contribution in [3.8, 4) is 0 Å². The average molecular weight is 501 g/mol. The van der Waals surface area contributed by atoms with Gasteiger partial charge in [0.25, 0.3) is 0 Å². The maximum Gasteiger partial charge on any atom is 0.187 e. The van der Waals surface area contributed by atoms with Crippen LogP contribution in [0.3, 0.4) is 0 Å². The molecule has 0 bridgehead atoms. The Morgan fingerprint density at radius 2 is 1.78 bits per heavy atom. The zero-order valence-corrected chi connectivity index (χ0v) is 22.2. The Bertz CT molecular complexity index is 1110. The second-order valence-electron chi connectivity index (χ2n) is 14.0. The summed E-state index contributed by atoms with van der Waals surface area (Å²) in [6.45, 7) is 10.8. The molecule has 0 aromatic carbocycles. The Balaban J connectivity index is 1.56. The quantitative estimate of drug-likeness (QED) is 0.345. The van der Waals surface area contributed by atoms with Gasteiger partial charge in [0.2, 0.25) is 0 Å². The molecule has 4 N–H and O–H groups in total. The van der Waals surface area contributed by atoms with Crippen molar-refractivity contribution in [2.75, 3.05) is 0 Å². The highest BCUT2D eigenvalue weighted by atomic mass is 16.3. The third-order valence-corrected chi connectivity index (χ3v) is 11.3. The lowest BCUT2D eigenvalue weighted by Crippen LogP contribution is -2.73. The predicted molar refractivity (Wildman–Crippen MR) is 131 cm³/mol. The van der Waals surface area contributed by atoms with Crippen LogP contribution in [-0.2, 0) is 14.4 Å². The van der Waals surface area contributed by atoms with Gasteiger partial charge in [-0.25, -0.2) is 0 Å². The minimum absolute atomic E-state index is 0.0150. The summed E-state index contributed by atoms with van der Waals surface area (Å²) in [6.07, 6.45) is 3.91. The van der Waals surface area contributed by atoms with Gasteiger partial charge in [0, 0.05) is 29.6 Å². The molecule has 1 spiro atoms. The van der Waals surface area contributed by atoms with Crippen LogP contribution in [0, 0.1) is 39.4 Å². The second-order valence-corrected chi connectivity index (χ2v) is 14.0. The van der Waals surface area contributed by atoms with Crippen LogP contribution < -0.4 is 0 Å². The fourth-order valence-electron chi connectivity index (χ4n) is 9.45. The Hall–Kier alpha value is -1.67. The molecule has 7 nitrogen and oxygen atoms in total. The molecule has 0 saturated heterocycles. The maximum absolute atomic E-state index is 14.1. The van der Waals surface area contributed by atoms with E-state index in [-0.39, 0.29) is 42.7 Å². The highest BCUT2D eigenvalue weighted by Gasteiger charge is 2.82. The third kappa shape index (κ3) is 2.92. The molecule has 5 rings (SSSR count). The van der Waals surface area contributed by atoms with Crippen LogP contribution in [-0.4, -0.2) is 61.2 Å². The lowest BCUT2D eigenvalue weighted by molar-refractivity contribution is -0.249. The van der Waals surface area contributed by atoms with E-state index < -0.39 is 56.8 Å². The summed E-state index contributed by atoms with van der Waals surface area (Å²) in [6, 6.07) is 0. The van der Waals surface area contributed by atoms with Crippen molar-refractivity contribution in [3.05, 3.63) is 23.8 Å². The number of rotatable bonds is 3. The summed E-state index contributed by atoms with van der Waals surface area (Å²) >= 11 is 0. The van der Waals surface area contributed by atoms with Gasteiger partial charge in [0.05, 0.1) is 11.7 Å². The number of aliphatic hydroxyl groups is 4. The first kappa shape index (κ1) is 26.0.